The van der Waals surface area contributed by atoms with Crippen molar-refractivity contribution in [2.24, 2.45) is 4.99 Å². The van der Waals surface area contributed by atoms with E-state index in [4.69, 9.17) is 26.3 Å². The number of allylic oxidation sites excluding steroid dienone is 2. The lowest BCUT2D eigenvalue weighted by molar-refractivity contribution is 0.310. The number of nitrogens with one attached hydrogen (secondary N) is 1. The van der Waals surface area contributed by atoms with Gasteiger partial charge >= 0.3 is 0 Å². The Morgan fingerprint density at radius 3 is 2.74 bits per heavy atom. The number of hydrogen-bond donors (Lipinski definition) is 1. The number of ether oxygens (including phenoxy) is 1. The molecular formula is C26H29ClN6O. The molecule has 1 fully saturated rings. The molecule has 0 saturated carbocycles. The van der Waals surface area contributed by atoms with Crippen molar-refractivity contribution >= 4 is 35.3 Å². The average Bonchev–Trinajstić information content (AvgIpc) is 3.42. The van der Waals surface area contributed by atoms with Crippen LogP contribution in [0.5, 0.6) is 11.6 Å². The van der Waals surface area contributed by atoms with E-state index in [0.29, 0.717) is 35.0 Å². The Kier molecular flexibility index (Phi) is 6.39. The lowest BCUT2D eigenvalue weighted by atomic mass is 10.1. The molecule has 3 aliphatic rings. The van der Waals surface area contributed by atoms with Gasteiger partial charge in [0.2, 0.25) is 11.8 Å². The molecule has 7 nitrogen and oxygen atoms in total. The molecule has 2 aliphatic heterocycles. The van der Waals surface area contributed by atoms with Gasteiger partial charge in [-0.2, -0.15) is 9.97 Å². The third kappa shape index (κ3) is 4.86. The van der Waals surface area contributed by atoms with Crippen LogP contribution in [0.3, 0.4) is 0 Å². The number of nitrogens with zero attached hydrogens (tertiary/aromatic N) is 5. The Morgan fingerprint density at radius 1 is 1.12 bits per heavy atom. The van der Waals surface area contributed by atoms with Gasteiger partial charge in [0.1, 0.15) is 17.4 Å². The second-order valence-electron chi connectivity index (χ2n) is 8.95. The molecule has 0 radical (unpaired) electrons. The highest BCUT2D eigenvalue weighted by molar-refractivity contribution is 6.33. The average molecular weight is 477 g/mol. The molecule has 0 spiro atoms. The maximum absolute atomic E-state index is 6.72. The normalized spacial score (nSPS) is 18.1. The first-order chi connectivity index (χ1) is 16.5. The van der Waals surface area contributed by atoms with Crippen molar-refractivity contribution in [3.63, 3.8) is 0 Å². The zero-order valence-corrected chi connectivity index (χ0v) is 20.6. The summed E-state index contributed by atoms with van der Waals surface area (Å²) in [5, 5.41) is 3.95. The van der Waals surface area contributed by atoms with Crippen molar-refractivity contribution in [2.75, 3.05) is 50.0 Å². The van der Waals surface area contributed by atoms with Crippen molar-refractivity contribution in [1.29, 1.82) is 0 Å². The number of likely N-dealkylation sites (N-methyl/N-ethyl adjacent to an activating group) is 1. The van der Waals surface area contributed by atoms with Crippen molar-refractivity contribution < 1.29 is 4.74 Å². The first-order valence-corrected chi connectivity index (χ1v) is 12.0. The number of aromatic nitrogens is 2. The predicted molar refractivity (Wildman–Crippen MR) is 139 cm³/mol. The number of piperazine rings is 1. The summed E-state index contributed by atoms with van der Waals surface area (Å²) in [5.41, 5.74) is 4.71. The monoisotopic (exact) mass is 476 g/mol. The minimum absolute atomic E-state index is 0.447. The summed E-state index contributed by atoms with van der Waals surface area (Å²) in [7, 11) is 2.13. The van der Waals surface area contributed by atoms with Crippen molar-refractivity contribution in [3.05, 3.63) is 63.7 Å². The first kappa shape index (κ1) is 22.6. The molecule has 1 saturated heterocycles. The lowest BCUT2D eigenvalue weighted by Crippen LogP contribution is -2.45. The van der Waals surface area contributed by atoms with Crippen molar-refractivity contribution in [1.82, 2.24) is 14.9 Å². The van der Waals surface area contributed by atoms with Gasteiger partial charge < -0.3 is 19.9 Å². The molecule has 0 amide bonds. The number of halogens is 1. The minimum atomic E-state index is 0.447. The number of aliphatic imine (C=N–C) groups is 1. The van der Waals surface area contributed by atoms with E-state index < -0.39 is 0 Å². The van der Waals surface area contributed by atoms with E-state index in [9.17, 15) is 0 Å². The van der Waals surface area contributed by atoms with Crippen LogP contribution in [0.2, 0.25) is 5.02 Å². The van der Waals surface area contributed by atoms with Gasteiger partial charge in [-0.05, 0) is 50.6 Å². The van der Waals surface area contributed by atoms with Crippen LogP contribution in [0.1, 0.15) is 25.0 Å². The number of anilines is 2. The fourth-order valence-corrected chi connectivity index (χ4v) is 4.63. The predicted octanol–water partition coefficient (Wildman–Crippen LogP) is 4.96. The van der Waals surface area contributed by atoms with Crippen LogP contribution in [-0.4, -0.2) is 60.5 Å². The Balaban J connectivity index is 1.45. The standard InChI is InChI=1S/C26H29ClN6O/c1-4-5-18-14-22(28-16-18)29-23-15-24(31-26(30-23)33-10-8-32(3)9-11-33)34-21-7-6-19-12-17(2)13-20(19)25(21)27/h4-7,13-15H,8-12,16H2,1-3H3,(H,28,29,30,31)/b5-4+. The summed E-state index contributed by atoms with van der Waals surface area (Å²) in [6, 6.07) is 5.80. The van der Waals surface area contributed by atoms with Crippen LogP contribution in [0, 0.1) is 0 Å². The van der Waals surface area contributed by atoms with Gasteiger partial charge in [0.15, 0.2) is 0 Å². The smallest absolute Gasteiger partial charge is 0.230 e. The van der Waals surface area contributed by atoms with E-state index in [1.54, 1.807) is 6.07 Å². The number of hydrogen-bond acceptors (Lipinski definition) is 7. The molecule has 1 aliphatic carbocycles. The number of benzene rings is 1. The fourth-order valence-electron chi connectivity index (χ4n) is 4.35. The van der Waals surface area contributed by atoms with Gasteiger partial charge in [-0.1, -0.05) is 41.5 Å². The van der Waals surface area contributed by atoms with E-state index in [-0.39, 0.29) is 0 Å². The maximum Gasteiger partial charge on any atom is 0.230 e. The van der Waals surface area contributed by atoms with Crippen LogP contribution >= 0.6 is 11.6 Å². The Morgan fingerprint density at radius 2 is 1.94 bits per heavy atom. The van der Waals surface area contributed by atoms with Gasteiger partial charge in [-0.25, -0.2) is 0 Å². The molecule has 1 aromatic heterocycles. The molecule has 2 aromatic rings. The second kappa shape index (κ2) is 9.60. The summed E-state index contributed by atoms with van der Waals surface area (Å²) in [6.07, 6.45) is 9.16. The largest absolute Gasteiger partial charge is 0.437 e. The van der Waals surface area contributed by atoms with Gasteiger partial charge in [0.25, 0.3) is 0 Å². The Labute approximate surface area is 205 Å². The Hall–Kier alpha value is -3.16. The highest BCUT2D eigenvalue weighted by atomic mass is 35.5. The van der Waals surface area contributed by atoms with Crippen LogP contribution < -0.4 is 15.0 Å². The zero-order valence-electron chi connectivity index (χ0n) is 19.8. The van der Waals surface area contributed by atoms with Crippen molar-refractivity contribution in [2.45, 2.75) is 20.3 Å². The quantitative estimate of drug-likeness (QED) is 0.658. The van der Waals surface area contributed by atoms with Crippen molar-refractivity contribution in [3.8, 4) is 11.6 Å². The number of amidine groups is 1. The molecule has 0 unspecified atom stereocenters. The first-order valence-electron chi connectivity index (χ1n) is 11.6. The third-order valence-corrected chi connectivity index (χ3v) is 6.57. The summed E-state index contributed by atoms with van der Waals surface area (Å²) in [6.45, 7) is 8.41. The van der Waals surface area contributed by atoms with E-state index in [2.05, 4.69) is 52.3 Å². The van der Waals surface area contributed by atoms with Crippen LogP contribution in [-0.2, 0) is 6.42 Å². The van der Waals surface area contributed by atoms with Crippen LogP contribution in [0.15, 0.2) is 52.6 Å². The lowest BCUT2D eigenvalue weighted by Gasteiger charge is -2.32. The number of rotatable bonds is 5. The molecule has 0 atom stereocenters. The molecule has 0 bridgehead atoms. The topological polar surface area (TPSA) is 65.9 Å². The fraction of sp³-hybridized carbons (Fsp3) is 0.346. The molecule has 3 heterocycles. The van der Waals surface area contributed by atoms with E-state index in [1.165, 1.54) is 11.1 Å². The SMILES string of the molecule is C/C=C/C1=CC(Nc2cc(Oc3ccc4c(c3Cl)C=C(C)C4)nc(N3CCN(C)CC3)n2)=NC1. The summed E-state index contributed by atoms with van der Waals surface area (Å²) in [4.78, 5) is 18.6. The summed E-state index contributed by atoms with van der Waals surface area (Å²) in [5.74, 6) is 3.09. The highest BCUT2D eigenvalue weighted by Crippen LogP contribution is 2.39. The molecule has 34 heavy (non-hydrogen) atoms. The molecule has 1 aromatic carbocycles. The molecule has 5 rings (SSSR count). The van der Waals surface area contributed by atoms with E-state index in [1.807, 2.05) is 25.1 Å². The molecule has 1 N–H and O–H groups in total. The van der Waals surface area contributed by atoms with Crippen LogP contribution in [0.4, 0.5) is 11.8 Å². The Bertz CT molecular complexity index is 1220. The second-order valence-corrected chi connectivity index (χ2v) is 9.33. The summed E-state index contributed by atoms with van der Waals surface area (Å²) < 4.78 is 6.23. The van der Waals surface area contributed by atoms with Gasteiger partial charge in [0, 0.05) is 37.8 Å². The third-order valence-electron chi connectivity index (χ3n) is 6.18. The minimum Gasteiger partial charge on any atom is -0.437 e. The van der Waals surface area contributed by atoms with Crippen LogP contribution in [0.25, 0.3) is 6.08 Å². The number of fused-ring (bicyclic) bond motifs is 1. The summed E-state index contributed by atoms with van der Waals surface area (Å²) >= 11 is 6.72. The molecular weight excluding hydrogens is 448 g/mol. The molecule has 8 heteroatoms. The van der Waals surface area contributed by atoms with E-state index >= 15 is 0 Å². The van der Waals surface area contributed by atoms with Gasteiger partial charge in [-0.15, -0.1) is 0 Å². The highest BCUT2D eigenvalue weighted by Gasteiger charge is 2.21. The molecule has 176 valence electrons. The zero-order chi connectivity index (χ0) is 23.7. The maximum atomic E-state index is 6.72. The van der Waals surface area contributed by atoms with Gasteiger partial charge in [0.05, 0.1) is 11.6 Å². The van der Waals surface area contributed by atoms with Gasteiger partial charge in [-0.3, -0.25) is 4.99 Å². The van der Waals surface area contributed by atoms with E-state index in [0.717, 1.165) is 49.6 Å².